The van der Waals surface area contributed by atoms with Crippen LogP contribution in [0.25, 0.3) is 11.1 Å². The highest BCUT2D eigenvalue weighted by Gasteiger charge is 2.22. The number of ether oxygens (including phenoxy) is 2. The molecule has 2 aromatic carbocycles. The molecule has 0 saturated heterocycles. The molecule has 2 aromatic rings. The Morgan fingerprint density at radius 2 is 1.96 bits per heavy atom. The van der Waals surface area contributed by atoms with Gasteiger partial charge in [0.15, 0.2) is 11.6 Å². The average molecular weight is 379 g/mol. The molecule has 2 rings (SSSR count). The zero-order valence-corrected chi connectivity index (χ0v) is 15.3. The summed E-state index contributed by atoms with van der Waals surface area (Å²) < 4.78 is 25.1. The lowest BCUT2D eigenvalue weighted by molar-refractivity contribution is 0.00720. The first-order chi connectivity index (χ1) is 12.9. The molecule has 27 heavy (non-hydrogen) atoms. The summed E-state index contributed by atoms with van der Waals surface area (Å²) >= 11 is 0. The van der Waals surface area contributed by atoms with Crippen molar-refractivity contribution >= 4 is 0 Å². The van der Waals surface area contributed by atoms with Crippen molar-refractivity contribution < 1.29 is 34.3 Å². The summed E-state index contributed by atoms with van der Waals surface area (Å²) in [5.74, 6) is -1.02. The van der Waals surface area contributed by atoms with Crippen LogP contribution >= 0.6 is 0 Å². The van der Waals surface area contributed by atoms with Crippen LogP contribution in [0.2, 0.25) is 0 Å². The first kappa shape index (κ1) is 21.0. The predicted molar refractivity (Wildman–Crippen MR) is 97.5 cm³/mol. The summed E-state index contributed by atoms with van der Waals surface area (Å²) in [7, 11) is 1.34. The maximum absolute atomic E-state index is 14.8. The van der Waals surface area contributed by atoms with Crippen LogP contribution in [0.3, 0.4) is 0 Å². The van der Waals surface area contributed by atoms with Gasteiger partial charge >= 0.3 is 0 Å². The molecule has 0 heterocycles. The van der Waals surface area contributed by atoms with Crippen LogP contribution in [-0.2, 0) is 17.6 Å². The Kier molecular flexibility index (Phi) is 7.41. The van der Waals surface area contributed by atoms with Gasteiger partial charge in [0.2, 0.25) is 0 Å². The van der Waals surface area contributed by atoms with E-state index in [1.807, 2.05) is 6.92 Å². The second kappa shape index (κ2) is 9.55. The predicted octanol–water partition coefficient (Wildman–Crippen LogP) is 2.19. The van der Waals surface area contributed by atoms with Crippen LogP contribution in [0.4, 0.5) is 4.39 Å². The van der Waals surface area contributed by atoms with E-state index in [-0.39, 0.29) is 48.0 Å². The third-order valence-electron chi connectivity index (χ3n) is 4.24. The molecule has 0 amide bonds. The van der Waals surface area contributed by atoms with E-state index >= 15 is 0 Å². The second-order valence-corrected chi connectivity index (χ2v) is 6.00. The fourth-order valence-electron chi connectivity index (χ4n) is 2.94. The summed E-state index contributed by atoms with van der Waals surface area (Å²) in [6.45, 7) is 1.51. The molecule has 1 atom stereocenters. The molecule has 6 nitrogen and oxygen atoms in total. The number of phenols is 2. The van der Waals surface area contributed by atoms with Gasteiger partial charge in [0.1, 0.15) is 17.6 Å². The van der Waals surface area contributed by atoms with Crippen molar-refractivity contribution in [3.8, 4) is 28.4 Å². The summed E-state index contributed by atoms with van der Waals surface area (Å²) in [5, 5.41) is 38.8. The topological polar surface area (TPSA) is 99.4 Å². The quantitative estimate of drug-likeness (QED) is 0.499. The Labute approximate surface area is 157 Å². The lowest BCUT2D eigenvalue weighted by Crippen LogP contribution is -2.20. The number of rotatable bonds is 9. The van der Waals surface area contributed by atoms with Crippen molar-refractivity contribution in [1.29, 1.82) is 0 Å². The molecule has 0 aliphatic rings. The Morgan fingerprint density at radius 1 is 1.22 bits per heavy atom. The Hall–Kier alpha value is -2.35. The molecule has 0 aromatic heterocycles. The third-order valence-corrected chi connectivity index (χ3v) is 4.24. The second-order valence-electron chi connectivity index (χ2n) is 6.00. The summed E-state index contributed by atoms with van der Waals surface area (Å²) in [6, 6.07) is 6.89. The van der Waals surface area contributed by atoms with Gasteiger partial charge in [-0.2, -0.15) is 0 Å². The van der Waals surface area contributed by atoms with E-state index in [0.29, 0.717) is 17.5 Å². The minimum atomic E-state index is -0.989. The third kappa shape index (κ3) is 4.68. The van der Waals surface area contributed by atoms with Crippen molar-refractivity contribution in [2.45, 2.75) is 25.9 Å². The molecule has 0 aliphatic carbocycles. The van der Waals surface area contributed by atoms with Gasteiger partial charge in [-0.25, -0.2) is 4.39 Å². The maximum atomic E-state index is 14.8. The molecule has 0 spiro atoms. The molecule has 1 radical (unpaired) electrons. The lowest BCUT2D eigenvalue weighted by atomic mass is 9.90. The highest BCUT2D eigenvalue weighted by molar-refractivity contribution is 5.78. The standard InChI is InChI=1S/C20H24FO6/c1-3-13-14(7-8-27-11-12(23)10-22)19(17(25)9-16(13)24)15-5-4-6-18(26-2)20(15)21/h4,6,9,12,22-25H,3,7-8,10-11H2,1-2H3. The number of aliphatic hydroxyl groups excluding tert-OH is 2. The molecule has 0 bridgehead atoms. The Balaban J connectivity index is 2.47. The average Bonchev–Trinajstić information content (AvgIpc) is 2.65. The minimum absolute atomic E-state index is 0.0162. The molecule has 7 heteroatoms. The number of benzene rings is 2. The summed E-state index contributed by atoms with van der Waals surface area (Å²) in [6.07, 6.45) is -0.278. The van der Waals surface area contributed by atoms with Gasteiger partial charge in [-0.15, -0.1) is 0 Å². The van der Waals surface area contributed by atoms with Crippen molar-refractivity contribution in [2.24, 2.45) is 0 Å². The van der Waals surface area contributed by atoms with Crippen molar-refractivity contribution in [3.05, 3.63) is 41.2 Å². The first-order valence-corrected chi connectivity index (χ1v) is 8.62. The van der Waals surface area contributed by atoms with Gasteiger partial charge in [-0.1, -0.05) is 6.92 Å². The minimum Gasteiger partial charge on any atom is -0.508 e. The van der Waals surface area contributed by atoms with Gasteiger partial charge in [-0.3, -0.25) is 0 Å². The van der Waals surface area contributed by atoms with E-state index in [0.717, 1.165) is 0 Å². The van der Waals surface area contributed by atoms with Crippen LogP contribution in [-0.4, -0.2) is 53.5 Å². The zero-order valence-electron chi connectivity index (χ0n) is 15.3. The van der Waals surface area contributed by atoms with E-state index < -0.39 is 18.5 Å². The lowest BCUT2D eigenvalue weighted by Gasteiger charge is -2.19. The van der Waals surface area contributed by atoms with Gasteiger partial charge in [-0.05, 0) is 42.2 Å². The number of methoxy groups -OCH3 is 1. The van der Waals surface area contributed by atoms with E-state index in [2.05, 4.69) is 6.07 Å². The number of aromatic hydroxyl groups is 2. The fourth-order valence-corrected chi connectivity index (χ4v) is 2.94. The maximum Gasteiger partial charge on any atom is 0.173 e. The molecule has 0 saturated carbocycles. The highest BCUT2D eigenvalue weighted by Crippen LogP contribution is 2.42. The van der Waals surface area contributed by atoms with Gasteiger partial charge in [0.05, 0.1) is 26.9 Å². The van der Waals surface area contributed by atoms with Crippen LogP contribution < -0.4 is 4.74 Å². The van der Waals surface area contributed by atoms with Gasteiger partial charge in [0, 0.05) is 17.2 Å². The molecular weight excluding hydrogens is 355 g/mol. The molecule has 0 fully saturated rings. The largest absolute Gasteiger partial charge is 0.508 e. The van der Waals surface area contributed by atoms with E-state index in [1.165, 1.54) is 25.3 Å². The first-order valence-electron chi connectivity index (χ1n) is 8.62. The Bertz CT molecular complexity index is 778. The van der Waals surface area contributed by atoms with Crippen LogP contribution in [0.15, 0.2) is 18.2 Å². The van der Waals surface area contributed by atoms with Crippen LogP contribution in [0, 0.1) is 11.9 Å². The number of hydrogen-bond acceptors (Lipinski definition) is 6. The Morgan fingerprint density at radius 3 is 2.59 bits per heavy atom. The van der Waals surface area contributed by atoms with Gasteiger partial charge in [0.25, 0.3) is 0 Å². The normalized spacial score (nSPS) is 12.2. The van der Waals surface area contributed by atoms with E-state index in [4.69, 9.17) is 14.6 Å². The van der Waals surface area contributed by atoms with Crippen molar-refractivity contribution in [1.82, 2.24) is 0 Å². The van der Waals surface area contributed by atoms with E-state index in [1.54, 1.807) is 0 Å². The van der Waals surface area contributed by atoms with Crippen molar-refractivity contribution in [2.75, 3.05) is 26.9 Å². The number of phenolic OH excluding ortho intramolecular Hbond substituents is 2. The van der Waals surface area contributed by atoms with Crippen LogP contribution in [0.5, 0.6) is 17.2 Å². The number of hydrogen-bond donors (Lipinski definition) is 4. The molecule has 1 unspecified atom stereocenters. The summed E-state index contributed by atoms with van der Waals surface area (Å²) in [5.41, 5.74) is 1.33. The smallest absolute Gasteiger partial charge is 0.173 e. The highest BCUT2D eigenvalue weighted by atomic mass is 19.1. The molecular formula is C20H24FO6. The number of aliphatic hydroxyl groups is 2. The molecule has 4 N–H and O–H groups in total. The van der Waals surface area contributed by atoms with E-state index in [9.17, 15) is 19.7 Å². The fraction of sp³-hybridized carbons (Fsp3) is 0.400. The van der Waals surface area contributed by atoms with Crippen LogP contribution in [0.1, 0.15) is 18.1 Å². The van der Waals surface area contributed by atoms with Crippen molar-refractivity contribution in [3.63, 3.8) is 0 Å². The summed E-state index contributed by atoms with van der Waals surface area (Å²) in [4.78, 5) is 0. The zero-order chi connectivity index (χ0) is 20.0. The SMILES string of the molecule is CCc1c(O)cc(O)c(-c2[c]ccc(OC)c2F)c1CCOCC(O)CO. The number of halogens is 1. The van der Waals surface area contributed by atoms with Gasteiger partial charge < -0.3 is 29.9 Å². The molecule has 0 aliphatic heterocycles. The molecule has 147 valence electrons. The monoisotopic (exact) mass is 379 g/mol.